The average Bonchev–Trinajstić information content (AvgIpc) is 3.45. The van der Waals surface area contributed by atoms with E-state index in [2.05, 4.69) is 15.0 Å². The second-order valence-corrected chi connectivity index (χ2v) is 7.94. The number of aromatic nitrogens is 1. The van der Waals surface area contributed by atoms with Crippen LogP contribution in [0.2, 0.25) is 0 Å². The maximum Gasteiger partial charge on any atom is 0.387 e. The van der Waals surface area contributed by atoms with E-state index in [1.807, 2.05) is 40.3 Å². The van der Waals surface area contributed by atoms with Crippen molar-refractivity contribution in [2.45, 2.75) is 13.2 Å². The molecule has 4 aromatic rings. The minimum Gasteiger partial charge on any atom is -0.482 e. The van der Waals surface area contributed by atoms with E-state index in [4.69, 9.17) is 9.15 Å². The van der Waals surface area contributed by atoms with Crippen molar-refractivity contribution in [1.29, 1.82) is 0 Å². The first-order valence-electron chi connectivity index (χ1n) is 9.92. The number of amides is 1. The summed E-state index contributed by atoms with van der Waals surface area (Å²) in [6.07, 6.45) is 1.60. The van der Waals surface area contributed by atoms with E-state index in [0.717, 1.165) is 17.0 Å². The molecule has 33 heavy (non-hydrogen) atoms. The normalized spacial score (nSPS) is 13.5. The van der Waals surface area contributed by atoms with Crippen LogP contribution in [0.15, 0.2) is 75.7 Å². The van der Waals surface area contributed by atoms with Gasteiger partial charge in [-0.3, -0.25) is 4.79 Å². The van der Waals surface area contributed by atoms with Crippen molar-refractivity contribution >= 4 is 28.6 Å². The molecule has 2 aromatic heterocycles. The highest BCUT2D eigenvalue weighted by molar-refractivity contribution is 7.07. The van der Waals surface area contributed by atoms with Gasteiger partial charge in [-0.25, -0.2) is 4.99 Å². The number of hydrogen-bond donors (Lipinski definition) is 1. The lowest BCUT2D eigenvalue weighted by molar-refractivity contribution is -0.118. The number of ether oxygens (including phenoxy) is 2. The van der Waals surface area contributed by atoms with Crippen molar-refractivity contribution in [3.05, 3.63) is 76.8 Å². The van der Waals surface area contributed by atoms with Gasteiger partial charge in [-0.15, -0.1) is 11.3 Å². The second kappa shape index (κ2) is 8.91. The highest BCUT2D eigenvalue weighted by Crippen LogP contribution is 2.33. The van der Waals surface area contributed by atoms with Gasteiger partial charge in [0.25, 0.3) is 5.91 Å². The van der Waals surface area contributed by atoms with E-state index in [1.54, 1.807) is 18.4 Å². The summed E-state index contributed by atoms with van der Waals surface area (Å²) in [5.74, 6) is 1.22. The molecule has 0 saturated heterocycles. The molecular formula is C23H17F2N3O4S. The zero-order valence-electron chi connectivity index (χ0n) is 17.0. The number of nitrogens with zero attached hydrogens (tertiary/aromatic N) is 2. The molecule has 0 saturated carbocycles. The molecule has 0 unspecified atom stereocenters. The summed E-state index contributed by atoms with van der Waals surface area (Å²) in [4.78, 5) is 17.1. The summed E-state index contributed by atoms with van der Waals surface area (Å²) in [7, 11) is 0. The maximum absolute atomic E-state index is 12.4. The number of anilines is 1. The molecule has 2 aromatic carbocycles. The molecule has 1 aliphatic rings. The van der Waals surface area contributed by atoms with Crippen LogP contribution in [-0.4, -0.2) is 23.7 Å². The first-order valence-corrected chi connectivity index (χ1v) is 10.8. The lowest BCUT2D eigenvalue weighted by Crippen LogP contribution is -2.25. The van der Waals surface area contributed by atoms with Crippen molar-refractivity contribution in [3.8, 4) is 22.8 Å². The van der Waals surface area contributed by atoms with Gasteiger partial charge in [0.05, 0.1) is 29.9 Å². The first kappa shape index (κ1) is 21.0. The van der Waals surface area contributed by atoms with Crippen LogP contribution in [0.5, 0.6) is 11.5 Å². The van der Waals surface area contributed by atoms with Gasteiger partial charge in [0.15, 0.2) is 11.4 Å². The molecule has 0 atom stereocenters. The van der Waals surface area contributed by atoms with E-state index in [0.29, 0.717) is 28.5 Å². The van der Waals surface area contributed by atoms with Gasteiger partial charge < -0.3 is 23.8 Å². The molecule has 0 fully saturated rings. The number of furan rings is 1. The smallest absolute Gasteiger partial charge is 0.387 e. The van der Waals surface area contributed by atoms with Crippen LogP contribution < -0.4 is 19.6 Å². The quantitative estimate of drug-likeness (QED) is 0.430. The molecule has 10 heteroatoms. The predicted octanol–water partition coefficient (Wildman–Crippen LogP) is 5.02. The molecule has 1 amide bonds. The van der Waals surface area contributed by atoms with Crippen molar-refractivity contribution in [2.75, 3.05) is 11.9 Å². The molecule has 0 spiro atoms. The van der Waals surface area contributed by atoms with Gasteiger partial charge >= 0.3 is 6.61 Å². The number of rotatable bonds is 6. The lowest BCUT2D eigenvalue weighted by atomic mass is 10.1. The molecule has 7 nitrogen and oxygen atoms in total. The third-order valence-corrected chi connectivity index (χ3v) is 5.75. The number of carbonyl (C=O) groups is 1. The van der Waals surface area contributed by atoms with Gasteiger partial charge in [0.2, 0.25) is 0 Å². The number of carbonyl (C=O) groups excluding carboxylic acids is 1. The Morgan fingerprint density at radius 2 is 2.03 bits per heavy atom. The predicted molar refractivity (Wildman–Crippen MR) is 118 cm³/mol. The first-order chi connectivity index (χ1) is 16.0. The summed E-state index contributed by atoms with van der Waals surface area (Å²) in [6.45, 7) is -2.46. The summed E-state index contributed by atoms with van der Waals surface area (Å²) in [6, 6.07) is 15.4. The molecule has 0 aliphatic carbocycles. The fraction of sp³-hybridized carbons (Fsp3) is 0.130. The Hall–Kier alpha value is -3.92. The molecule has 1 N–H and O–H groups in total. The van der Waals surface area contributed by atoms with Gasteiger partial charge in [-0.1, -0.05) is 0 Å². The SMILES string of the molecule is O=C1COc2ccc(-c3csc(=Nc4ccc(OC(F)F)cc4)n3Cc3ccco3)cc2N1. The third-order valence-electron chi connectivity index (χ3n) is 4.89. The molecule has 3 heterocycles. The Bertz CT molecular complexity index is 1350. The molecular weight excluding hydrogens is 452 g/mol. The molecule has 168 valence electrons. The van der Waals surface area contributed by atoms with Crippen LogP contribution in [0.1, 0.15) is 5.76 Å². The molecule has 0 bridgehead atoms. The van der Waals surface area contributed by atoms with Gasteiger partial charge in [-0.2, -0.15) is 8.78 Å². The fourth-order valence-electron chi connectivity index (χ4n) is 3.42. The minimum absolute atomic E-state index is 0.00649. The fourth-order valence-corrected chi connectivity index (χ4v) is 4.34. The largest absolute Gasteiger partial charge is 0.482 e. The van der Waals surface area contributed by atoms with Crippen LogP contribution in [0.25, 0.3) is 11.3 Å². The van der Waals surface area contributed by atoms with Crippen molar-refractivity contribution in [1.82, 2.24) is 4.57 Å². The molecule has 1 aliphatic heterocycles. The number of nitrogens with one attached hydrogen (secondary N) is 1. The van der Waals surface area contributed by atoms with Gasteiger partial charge in [0.1, 0.15) is 17.3 Å². The number of fused-ring (bicyclic) bond motifs is 1. The van der Waals surface area contributed by atoms with Crippen LogP contribution in [0.3, 0.4) is 0 Å². The standard InChI is InChI=1S/C23H17F2N3O4S/c24-22(25)32-16-6-4-15(5-7-16)26-23-28(11-17-2-1-9-30-17)19(13-33-23)14-3-8-20-18(10-14)27-21(29)12-31-20/h1-10,13,22H,11-12H2,(H,27,29). The minimum atomic E-state index is -2.88. The monoisotopic (exact) mass is 469 g/mol. The highest BCUT2D eigenvalue weighted by atomic mass is 32.1. The van der Waals surface area contributed by atoms with Crippen molar-refractivity contribution in [3.63, 3.8) is 0 Å². The Morgan fingerprint density at radius 3 is 2.79 bits per heavy atom. The Morgan fingerprint density at radius 1 is 1.18 bits per heavy atom. The van der Waals surface area contributed by atoms with Crippen LogP contribution >= 0.6 is 11.3 Å². The topological polar surface area (TPSA) is 78.0 Å². The summed E-state index contributed by atoms with van der Waals surface area (Å²) in [5, 5.41) is 4.79. The van der Waals surface area contributed by atoms with E-state index in [1.165, 1.54) is 23.5 Å². The van der Waals surface area contributed by atoms with E-state index in [-0.39, 0.29) is 18.3 Å². The third kappa shape index (κ3) is 4.65. The second-order valence-electron chi connectivity index (χ2n) is 7.10. The van der Waals surface area contributed by atoms with Crippen LogP contribution in [0, 0.1) is 0 Å². The lowest BCUT2D eigenvalue weighted by Gasteiger charge is -2.18. The highest BCUT2D eigenvalue weighted by Gasteiger charge is 2.18. The van der Waals surface area contributed by atoms with E-state index >= 15 is 0 Å². The van der Waals surface area contributed by atoms with Crippen molar-refractivity contribution in [2.24, 2.45) is 4.99 Å². The zero-order chi connectivity index (χ0) is 22.8. The molecule has 5 rings (SSSR count). The number of halogens is 2. The Kier molecular flexibility index (Phi) is 5.66. The summed E-state index contributed by atoms with van der Waals surface area (Å²) >= 11 is 1.43. The number of hydrogen-bond acceptors (Lipinski definition) is 6. The average molecular weight is 469 g/mol. The number of benzene rings is 2. The number of alkyl halides is 2. The summed E-state index contributed by atoms with van der Waals surface area (Å²) in [5.41, 5.74) is 2.93. The number of thiazole rings is 1. The van der Waals surface area contributed by atoms with Crippen LogP contribution in [-0.2, 0) is 11.3 Å². The molecule has 0 radical (unpaired) electrons. The summed E-state index contributed by atoms with van der Waals surface area (Å²) < 4.78 is 42.2. The van der Waals surface area contributed by atoms with E-state index < -0.39 is 6.61 Å². The van der Waals surface area contributed by atoms with Crippen molar-refractivity contribution < 1.29 is 27.5 Å². The Balaban J connectivity index is 1.55. The van der Waals surface area contributed by atoms with Crippen LogP contribution in [0.4, 0.5) is 20.2 Å². The maximum atomic E-state index is 12.4. The Labute approximate surface area is 190 Å². The van der Waals surface area contributed by atoms with Gasteiger partial charge in [0, 0.05) is 10.9 Å². The van der Waals surface area contributed by atoms with E-state index in [9.17, 15) is 13.6 Å². The zero-order valence-corrected chi connectivity index (χ0v) is 17.9. The van der Waals surface area contributed by atoms with Gasteiger partial charge in [-0.05, 0) is 54.6 Å².